The number of hydrogen-bond donors (Lipinski definition) is 3. The summed E-state index contributed by atoms with van der Waals surface area (Å²) in [6.07, 6.45) is 3.57. The van der Waals surface area contributed by atoms with E-state index in [1.807, 2.05) is 6.07 Å². The molecule has 0 saturated heterocycles. The summed E-state index contributed by atoms with van der Waals surface area (Å²) in [6, 6.07) is 5.30. The van der Waals surface area contributed by atoms with Crippen LogP contribution in [0.25, 0.3) is 0 Å². The highest BCUT2D eigenvalue weighted by Crippen LogP contribution is 2.57. The minimum absolute atomic E-state index is 0.0161. The summed E-state index contributed by atoms with van der Waals surface area (Å²) in [7, 11) is 0. The number of rotatable bonds is 3. The minimum atomic E-state index is -0.0161. The monoisotopic (exact) mass is 337 g/mol. The Morgan fingerprint density at radius 1 is 1.40 bits per heavy atom. The molecule has 2 aliphatic carbocycles. The highest BCUT2D eigenvalue weighted by molar-refractivity contribution is 9.10. The number of amidine groups is 1. The van der Waals surface area contributed by atoms with Crippen LogP contribution in [0.15, 0.2) is 27.8 Å². The number of anilines is 1. The number of halogens is 1. The SMILES string of the molecule is N/C(=N/O)c1cc(Br)ccc1NC(=O)C1C2CCCC21. The van der Waals surface area contributed by atoms with Gasteiger partial charge in [0.2, 0.25) is 5.91 Å². The second kappa shape index (κ2) is 5.09. The lowest BCUT2D eigenvalue weighted by Crippen LogP contribution is -2.21. The topological polar surface area (TPSA) is 87.7 Å². The number of carbonyl (C=O) groups is 1. The molecule has 0 bridgehead atoms. The smallest absolute Gasteiger partial charge is 0.228 e. The largest absolute Gasteiger partial charge is 0.409 e. The second-order valence-electron chi connectivity index (χ2n) is 5.45. The fourth-order valence-corrected chi connectivity index (χ4v) is 3.68. The molecule has 0 heterocycles. The lowest BCUT2D eigenvalue weighted by molar-refractivity contribution is -0.118. The van der Waals surface area contributed by atoms with E-state index in [-0.39, 0.29) is 17.7 Å². The molecule has 106 valence electrons. The molecule has 0 radical (unpaired) electrons. The molecular formula is C14H16BrN3O2. The van der Waals surface area contributed by atoms with Crippen molar-refractivity contribution < 1.29 is 10.0 Å². The molecule has 1 aromatic carbocycles. The number of fused-ring (bicyclic) bond motifs is 1. The van der Waals surface area contributed by atoms with Crippen molar-refractivity contribution in [2.45, 2.75) is 19.3 Å². The first-order valence-corrected chi connectivity index (χ1v) is 7.49. The van der Waals surface area contributed by atoms with Crippen molar-refractivity contribution in [2.24, 2.45) is 28.6 Å². The molecule has 1 amide bonds. The van der Waals surface area contributed by atoms with Crippen LogP contribution in [0.5, 0.6) is 0 Å². The van der Waals surface area contributed by atoms with Crippen LogP contribution in [0.2, 0.25) is 0 Å². The van der Waals surface area contributed by atoms with E-state index in [0.29, 0.717) is 23.1 Å². The second-order valence-corrected chi connectivity index (χ2v) is 6.36. The third kappa shape index (κ3) is 2.28. The van der Waals surface area contributed by atoms with Gasteiger partial charge in [-0.05, 0) is 42.9 Å². The maximum atomic E-state index is 12.3. The Bertz CT molecular complexity index is 578. The molecule has 2 unspecified atom stereocenters. The molecule has 2 atom stereocenters. The number of oxime groups is 1. The van der Waals surface area contributed by atoms with Gasteiger partial charge in [0.1, 0.15) is 0 Å². The minimum Gasteiger partial charge on any atom is -0.409 e. The number of amides is 1. The average molecular weight is 338 g/mol. The van der Waals surface area contributed by atoms with E-state index in [4.69, 9.17) is 10.9 Å². The van der Waals surface area contributed by atoms with Crippen molar-refractivity contribution in [1.82, 2.24) is 0 Å². The molecule has 0 spiro atoms. The Hall–Kier alpha value is -1.56. The first-order chi connectivity index (χ1) is 9.61. The van der Waals surface area contributed by atoms with Gasteiger partial charge in [-0.1, -0.05) is 27.5 Å². The maximum absolute atomic E-state index is 12.3. The molecule has 1 aromatic rings. The van der Waals surface area contributed by atoms with E-state index in [1.54, 1.807) is 12.1 Å². The molecule has 3 rings (SSSR count). The predicted octanol–water partition coefficient (Wildman–Crippen LogP) is 2.53. The lowest BCUT2D eigenvalue weighted by Gasteiger charge is -2.11. The number of benzene rings is 1. The highest BCUT2D eigenvalue weighted by Gasteiger charge is 2.56. The Morgan fingerprint density at radius 3 is 2.75 bits per heavy atom. The van der Waals surface area contributed by atoms with Crippen molar-refractivity contribution in [2.75, 3.05) is 5.32 Å². The summed E-state index contributed by atoms with van der Waals surface area (Å²) in [5.41, 5.74) is 6.75. The summed E-state index contributed by atoms with van der Waals surface area (Å²) >= 11 is 3.34. The zero-order chi connectivity index (χ0) is 14.3. The van der Waals surface area contributed by atoms with Crippen LogP contribution in [-0.2, 0) is 4.79 Å². The quantitative estimate of drug-likeness (QED) is 0.342. The summed E-state index contributed by atoms with van der Waals surface area (Å²) in [6.45, 7) is 0. The molecule has 2 fully saturated rings. The Morgan fingerprint density at radius 2 is 2.10 bits per heavy atom. The number of nitrogens with one attached hydrogen (secondary N) is 1. The highest BCUT2D eigenvalue weighted by atomic mass is 79.9. The molecule has 0 aromatic heterocycles. The van der Waals surface area contributed by atoms with Crippen LogP contribution < -0.4 is 11.1 Å². The molecule has 2 aliphatic rings. The van der Waals surface area contributed by atoms with Crippen molar-refractivity contribution in [3.05, 3.63) is 28.2 Å². The molecule has 20 heavy (non-hydrogen) atoms. The first-order valence-electron chi connectivity index (χ1n) is 6.70. The summed E-state index contributed by atoms with van der Waals surface area (Å²) in [5.74, 6) is 1.31. The average Bonchev–Trinajstić information content (AvgIpc) is 2.93. The van der Waals surface area contributed by atoms with Gasteiger partial charge in [-0.3, -0.25) is 4.79 Å². The van der Waals surface area contributed by atoms with Gasteiger partial charge in [-0.2, -0.15) is 0 Å². The van der Waals surface area contributed by atoms with Crippen molar-refractivity contribution in [1.29, 1.82) is 0 Å². The fraction of sp³-hybridized carbons (Fsp3) is 0.429. The number of hydrogen-bond acceptors (Lipinski definition) is 3. The molecule has 2 saturated carbocycles. The Kier molecular flexibility index (Phi) is 3.41. The van der Waals surface area contributed by atoms with E-state index in [2.05, 4.69) is 26.4 Å². The van der Waals surface area contributed by atoms with Gasteiger partial charge in [-0.15, -0.1) is 0 Å². The normalized spacial score (nSPS) is 28.1. The van der Waals surface area contributed by atoms with E-state index in [9.17, 15) is 4.79 Å². The number of carbonyl (C=O) groups excluding carboxylic acids is 1. The fourth-order valence-electron chi connectivity index (χ4n) is 3.32. The van der Waals surface area contributed by atoms with Crippen molar-refractivity contribution in [3.63, 3.8) is 0 Å². The van der Waals surface area contributed by atoms with Gasteiger partial charge >= 0.3 is 0 Å². The zero-order valence-corrected chi connectivity index (χ0v) is 12.4. The van der Waals surface area contributed by atoms with Gasteiger partial charge in [0.15, 0.2) is 5.84 Å². The first kappa shape index (κ1) is 13.4. The van der Waals surface area contributed by atoms with Crippen LogP contribution in [0.3, 0.4) is 0 Å². The zero-order valence-electron chi connectivity index (χ0n) is 10.8. The van der Waals surface area contributed by atoms with Crippen LogP contribution in [0, 0.1) is 17.8 Å². The summed E-state index contributed by atoms with van der Waals surface area (Å²) in [4.78, 5) is 12.3. The van der Waals surface area contributed by atoms with E-state index in [1.165, 1.54) is 6.42 Å². The Labute approximate surface area is 125 Å². The standard InChI is InChI=1S/C14H16BrN3O2/c15-7-4-5-11(10(6-7)13(16)18-20)17-14(19)12-8-2-1-3-9(8)12/h4-6,8-9,12,20H,1-3H2,(H2,16,18)(H,17,19). The van der Waals surface area contributed by atoms with Crippen molar-refractivity contribution >= 4 is 33.4 Å². The molecule has 0 aliphatic heterocycles. The third-order valence-electron chi connectivity index (χ3n) is 4.33. The summed E-state index contributed by atoms with van der Waals surface area (Å²) in [5, 5.41) is 14.7. The Balaban J connectivity index is 1.79. The van der Waals surface area contributed by atoms with E-state index in [0.717, 1.165) is 17.3 Å². The van der Waals surface area contributed by atoms with E-state index >= 15 is 0 Å². The van der Waals surface area contributed by atoms with Gasteiger partial charge in [-0.25, -0.2) is 0 Å². The van der Waals surface area contributed by atoms with Gasteiger partial charge in [0.05, 0.1) is 5.69 Å². The van der Waals surface area contributed by atoms with Crippen molar-refractivity contribution in [3.8, 4) is 0 Å². The van der Waals surface area contributed by atoms with Gasteiger partial charge in [0.25, 0.3) is 0 Å². The lowest BCUT2D eigenvalue weighted by atomic mass is 10.1. The molecule has 6 heteroatoms. The van der Waals surface area contributed by atoms with E-state index < -0.39 is 0 Å². The molecule has 5 nitrogen and oxygen atoms in total. The number of nitrogens with two attached hydrogens (primary N) is 1. The van der Waals surface area contributed by atoms with Crippen LogP contribution in [-0.4, -0.2) is 17.0 Å². The number of nitrogens with zero attached hydrogens (tertiary/aromatic N) is 1. The molecule has 4 N–H and O–H groups in total. The third-order valence-corrected chi connectivity index (χ3v) is 4.83. The summed E-state index contributed by atoms with van der Waals surface area (Å²) < 4.78 is 0.806. The van der Waals surface area contributed by atoms with Crippen LogP contribution in [0.4, 0.5) is 5.69 Å². The van der Waals surface area contributed by atoms with Gasteiger partial charge in [0, 0.05) is 16.0 Å². The van der Waals surface area contributed by atoms with Gasteiger partial charge < -0.3 is 16.3 Å². The molecular weight excluding hydrogens is 322 g/mol. The maximum Gasteiger partial charge on any atom is 0.228 e. The predicted molar refractivity (Wildman–Crippen MR) is 79.6 cm³/mol. The van der Waals surface area contributed by atoms with Crippen LogP contribution in [0.1, 0.15) is 24.8 Å². The van der Waals surface area contributed by atoms with Crippen LogP contribution >= 0.6 is 15.9 Å².